The maximum Gasteiger partial charge on any atom is 0.0769 e. The maximum absolute atomic E-state index is 6.08. The highest BCUT2D eigenvalue weighted by molar-refractivity contribution is 6.30. The zero-order valence-corrected chi connectivity index (χ0v) is 15.9. The van der Waals surface area contributed by atoms with Crippen LogP contribution in [0, 0.1) is 5.92 Å². The molecule has 0 bridgehead atoms. The summed E-state index contributed by atoms with van der Waals surface area (Å²) in [5, 5.41) is 4.22. The van der Waals surface area contributed by atoms with Gasteiger partial charge in [0.15, 0.2) is 0 Å². The van der Waals surface area contributed by atoms with Crippen molar-refractivity contribution in [2.45, 2.75) is 32.2 Å². The van der Waals surface area contributed by atoms with Crippen molar-refractivity contribution in [2.24, 2.45) is 10.9 Å². The highest BCUT2D eigenvalue weighted by atomic mass is 35.5. The third-order valence-electron chi connectivity index (χ3n) is 4.69. The van der Waals surface area contributed by atoms with Gasteiger partial charge in [-0.1, -0.05) is 36.7 Å². The van der Waals surface area contributed by atoms with Gasteiger partial charge in [-0.3, -0.25) is 9.89 Å². The van der Waals surface area contributed by atoms with Crippen molar-refractivity contribution in [1.29, 1.82) is 0 Å². The van der Waals surface area contributed by atoms with Crippen LogP contribution in [0.3, 0.4) is 0 Å². The second-order valence-electron chi connectivity index (χ2n) is 6.55. The van der Waals surface area contributed by atoms with E-state index in [1.807, 2.05) is 19.2 Å². The minimum atomic E-state index is 0.171. The number of aliphatic imine (C=N–C) groups is 1. The summed E-state index contributed by atoms with van der Waals surface area (Å²) >= 11 is 6.08. The molecule has 1 unspecified atom stereocenters. The van der Waals surface area contributed by atoms with E-state index in [1.165, 1.54) is 18.4 Å². The lowest BCUT2D eigenvalue weighted by molar-refractivity contribution is 0.220. The Labute approximate surface area is 151 Å². The molecule has 0 aliphatic carbocycles. The lowest BCUT2D eigenvalue weighted by atomic mass is 9.94. The molecule has 132 valence electrons. The topological polar surface area (TPSA) is 27.6 Å². The van der Waals surface area contributed by atoms with E-state index in [4.69, 9.17) is 11.6 Å². The van der Waals surface area contributed by atoms with E-state index in [-0.39, 0.29) is 6.04 Å². The number of piperidine rings is 1. The summed E-state index contributed by atoms with van der Waals surface area (Å²) < 4.78 is 0. The fourth-order valence-electron chi connectivity index (χ4n) is 3.40. The number of benzene rings is 1. The van der Waals surface area contributed by atoms with Gasteiger partial charge in [0.2, 0.25) is 0 Å². The number of nitrogens with one attached hydrogen (secondary N) is 1. The Morgan fingerprint density at radius 2 is 2.00 bits per heavy atom. The fraction of sp³-hybridized carbons (Fsp3) is 0.550. The second kappa shape index (κ2) is 9.97. The molecule has 1 aliphatic rings. The monoisotopic (exact) mass is 347 g/mol. The minimum absolute atomic E-state index is 0.171. The molecule has 1 aromatic rings. The SMILES string of the molecule is CC/C=C\C(=NC)C(c1ccc(Cl)cc1)N(C)CC1CCNCC1. The number of nitrogens with zero attached hydrogens (tertiary/aromatic N) is 2. The summed E-state index contributed by atoms with van der Waals surface area (Å²) in [7, 11) is 4.10. The van der Waals surface area contributed by atoms with Crippen LogP contribution in [0.2, 0.25) is 5.02 Å². The predicted molar refractivity (Wildman–Crippen MR) is 105 cm³/mol. The first-order valence-electron chi connectivity index (χ1n) is 8.95. The van der Waals surface area contributed by atoms with Gasteiger partial charge in [-0.05, 0) is 69.1 Å². The summed E-state index contributed by atoms with van der Waals surface area (Å²) in [5.74, 6) is 0.749. The third kappa shape index (κ3) is 5.44. The molecule has 1 aliphatic heterocycles. The van der Waals surface area contributed by atoms with Crippen molar-refractivity contribution in [3.05, 3.63) is 47.0 Å². The largest absolute Gasteiger partial charge is 0.317 e. The predicted octanol–water partition coefficient (Wildman–Crippen LogP) is 4.35. The molecule has 3 nitrogen and oxygen atoms in total. The molecule has 1 fully saturated rings. The van der Waals surface area contributed by atoms with Crippen LogP contribution >= 0.6 is 11.6 Å². The van der Waals surface area contributed by atoms with Crippen molar-refractivity contribution >= 4 is 17.3 Å². The minimum Gasteiger partial charge on any atom is -0.317 e. The van der Waals surface area contributed by atoms with Gasteiger partial charge in [0.05, 0.1) is 11.8 Å². The average molecular weight is 348 g/mol. The van der Waals surface area contributed by atoms with Crippen molar-refractivity contribution < 1.29 is 0 Å². The third-order valence-corrected chi connectivity index (χ3v) is 4.95. The van der Waals surface area contributed by atoms with E-state index in [9.17, 15) is 0 Å². The number of halogens is 1. The second-order valence-corrected chi connectivity index (χ2v) is 6.98. The molecule has 1 heterocycles. The van der Waals surface area contributed by atoms with Crippen LogP contribution in [-0.2, 0) is 0 Å². The van der Waals surface area contributed by atoms with E-state index in [2.05, 4.69) is 53.5 Å². The van der Waals surface area contributed by atoms with Gasteiger partial charge in [-0.15, -0.1) is 0 Å². The Balaban J connectivity index is 2.23. The first-order chi connectivity index (χ1) is 11.7. The van der Waals surface area contributed by atoms with Gasteiger partial charge < -0.3 is 5.32 Å². The van der Waals surface area contributed by atoms with E-state index >= 15 is 0 Å². The molecular formula is C20H30ClN3. The summed E-state index contributed by atoms with van der Waals surface area (Å²) in [6.45, 7) is 5.51. The molecule has 0 radical (unpaired) electrons. The molecule has 1 atom stereocenters. The highest BCUT2D eigenvalue weighted by Gasteiger charge is 2.24. The van der Waals surface area contributed by atoms with Crippen LogP contribution in [0.15, 0.2) is 41.4 Å². The van der Waals surface area contributed by atoms with E-state index in [0.717, 1.165) is 42.7 Å². The van der Waals surface area contributed by atoms with Crippen LogP contribution in [0.25, 0.3) is 0 Å². The van der Waals surface area contributed by atoms with E-state index < -0.39 is 0 Å². The normalized spacial score (nSPS) is 18.5. The molecule has 0 saturated carbocycles. The van der Waals surface area contributed by atoms with Crippen molar-refractivity contribution in [3.63, 3.8) is 0 Å². The summed E-state index contributed by atoms with van der Waals surface area (Å²) in [4.78, 5) is 7.03. The maximum atomic E-state index is 6.08. The first kappa shape index (κ1) is 19.2. The number of hydrogen-bond acceptors (Lipinski definition) is 3. The smallest absolute Gasteiger partial charge is 0.0769 e. The van der Waals surface area contributed by atoms with Crippen LogP contribution in [0.1, 0.15) is 37.8 Å². The Hall–Kier alpha value is -1.16. The van der Waals surface area contributed by atoms with Gasteiger partial charge in [0.25, 0.3) is 0 Å². The van der Waals surface area contributed by atoms with Gasteiger partial charge in [0.1, 0.15) is 0 Å². The van der Waals surface area contributed by atoms with Gasteiger partial charge >= 0.3 is 0 Å². The fourth-order valence-corrected chi connectivity index (χ4v) is 3.53. The van der Waals surface area contributed by atoms with Crippen molar-refractivity contribution in [3.8, 4) is 0 Å². The molecule has 0 spiro atoms. The molecule has 1 N–H and O–H groups in total. The molecule has 0 aromatic heterocycles. The number of hydrogen-bond donors (Lipinski definition) is 1. The standard InChI is InChI=1S/C20H30ClN3/c1-4-5-6-19(22-2)20(17-7-9-18(21)10-8-17)24(3)15-16-11-13-23-14-12-16/h5-10,16,20,23H,4,11-15H2,1-3H3/b6-5-,22-19?. The molecule has 1 saturated heterocycles. The quantitative estimate of drug-likeness (QED) is 0.742. The van der Waals surface area contributed by atoms with Gasteiger partial charge in [-0.25, -0.2) is 0 Å². The van der Waals surface area contributed by atoms with Gasteiger partial charge in [0, 0.05) is 18.6 Å². The number of allylic oxidation sites excluding steroid dienone is 1. The van der Waals surface area contributed by atoms with Crippen LogP contribution in [0.4, 0.5) is 0 Å². The Morgan fingerprint density at radius 3 is 2.58 bits per heavy atom. The average Bonchev–Trinajstić information content (AvgIpc) is 2.60. The lowest BCUT2D eigenvalue weighted by Gasteiger charge is -2.33. The molecule has 1 aromatic carbocycles. The van der Waals surface area contributed by atoms with Crippen molar-refractivity contribution in [2.75, 3.05) is 33.7 Å². The molecule has 2 rings (SSSR count). The van der Waals surface area contributed by atoms with E-state index in [0.29, 0.717) is 0 Å². The zero-order valence-electron chi connectivity index (χ0n) is 15.1. The highest BCUT2D eigenvalue weighted by Crippen LogP contribution is 2.26. The summed E-state index contributed by atoms with van der Waals surface area (Å²) in [6.07, 6.45) is 7.87. The van der Waals surface area contributed by atoms with Crippen LogP contribution < -0.4 is 5.32 Å². The summed E-state index contributed by atoms with van der Waals surface area (Å²) in [5.41, 5.74) is 2.35. The Kier molecular flexibility index (Phi) is 7.97. The molecule has 4 heteroatoms. The molecule has 24 heavy (non-hydrogen) atoms. The molecular weight excluding hydrogens is 318 g/mol. The van der Waals surface area contributed by atoms with E-state index in [1.54, 1.807) is 0 Å². The van der Waals surface area contributed by atoms with Crippen LogP contribution in [0.5, 0.6) is 0 Å². The van der Waals surface area contributed by atoms with Crippen LogP contribution in [-0.4, -0.2) is 44.3 Å². The first-order valence-corrected chi connectivity index (χ1v) is 9.33. The van der Waals surface area contributed by atoms with Crippen molar-refractivity contribution in [1.82, 2.24) is 10.2 Å². The number of rotatable bonds is 7. The molecule has 0 amide bonds. The Morgan fingerprint density at radius 1 is 1.33 bits per heavy atom. The van der Waals surface area contributed by atoms with Gasteiger partial charge in [-0.2, -0.15) is 0 Å². The zero-order chi connectivity index (χ0) is 17.4. The lowest BCUT2D eigenvalue weighted by Crippen LogP contribution is -2.38. The summed E-state index contributed by atoms with van der Waals surface area (Å²) in [6, 6.07) is 8.36. The Bertz CT molecular complexity index is 545.